The maximum Gasteiger partial charge on any atom is 0.242 e. The molecule has 1 aliphatic carbocycles. The standard InChI is InChI=1S/C28H30ClN5O2/c29-24-10-5-4-9-23(24)25-13-14-26(31-30-25)32-15-6-16-33(18-17-32)27(35)20-34(28(36)22-11-12-22)19-21-7-2-1-3-8-21/h1-5,7-10,13-14,22H,6,11-12,15-20H2. The van der Waals surface area contributed by atoms with Crippen LogP contribution in [-0.4, -0.2) is 64.5 Å². The Kier molecular flexibility index (Phi) is 7.47. The number of nitrogens with zero attached hydrogens (tertiary/aromatic N) is 5. The highest BCUT2D eigenvalue weighted by Gasteiger charge is 2.35. The molecule has 1 aromatic heterocycles. The van der Waals surface area contributed by atoms with Gasteiger partial charge in [0.15, 0.2) is 5.82 Å². The lowest BCUT2D eigenvalue weighted by Gasteiger charge is -2.27. The molecular weight excluding hydrogens is 474 g/mol. The zero-order valence-electron chi connectivity index (χ0n) is 20.2. The van der Waals surface area contributed by atoms with E-state index in [2.05, 4.69) is 15.1 Å². The molecule has 2 amide bonds. The molecule has 7 nitrogen and oxygen atoms in total. The summed E-state index contributed by atoms with van der Waals surface area (Å²) in [5.41, 5.74) is 2.63. The molecule has 8 heteroatoms. The van der Waals surface area contributed by atoms with Crippen LogP contribution in [0, 0.1) is 5.92 Å². The number of hydrogen-bond donors (Lipinski definition) is 0. The minimum atomic E-state index is 0.00179. The summed E-state index contributed by atoms with van der Waals surface area (Å²) in [6, 6.07) is 21.4. The van der Waals surface area contributed by atoms with Gasteiger partial charge in [0, 0.05) is 44.2 Å². The molecule has 1 aliphatic heterocycles. The number of anilines is 1. The summed E-state index contributed by atoms with van der Waals surface area (Å²) in [5, 5.41) is 9.47. The summed E-state index contributed by atoms with van der Waals surface area (Å²) in [6.07, 6.45) is 2.68. The van der Waals surface area contributed by atoms with Crippen LogP contribution in [0.1, 0.15) is 24.8 Å². The van der Waals surface area contributed by atoms with Crippen molar-refractivity contribution in [1.82, 2.24) is 20.0 Å². The predicted molar refractivity (Wildman–Crippen MR) is 140 cm³/mol. The van der Waals surface area contributed by atoms with Crippen molar-refractivity contribution in [3.05, 3.63) is 77.3 Å². The first-order chi connectivity index (χ1) is 17.6. The first kappa shape index (κ1) is 24.3. The van der Waals surface area contributed by atoms with Crippen molar-refractivity contribution in [1.29, 1.82) is 0 Å². The molecule has 36 heavy (non-hydrogen) atoms. The summed E-state index contributed by atoms with van der Waals surface area (Å²) < 4.78 is 0. The molecule has 1 saturated carbocycles. The molecular formula is C28H30ClN5O2. The lowest BCUT2D eigenvalue weighted by molar-refractivity contribution is -0.141. The molecule has 5 rings (SSSR count). The zero-order valence-corrected chi connectivity index (χ0v) is 21.0. The van der Waals surface area contributed by atoms with E-state index in [1.54, 1.807) is 4.90 Å². The van der Waals surface area contributed by atoms with Crippen LogP contribution in [-0.2, 0) is 16.1 Å². The number of carbonyl (C=O) groups excluding carboxylic acids is 2. The summed E-state index contributed by atoms with van der Waals surface area (Å²) in [6.45, 7) is 3.30. The van der Waals surface area contributed by atoms with Crippen LogP contribution in [0.2, 0.25) is 5.02 Å². The predicted octanol–water partition coefficient (Wildman–Crippen LogP) is 4.27. The Labute approximate surface area is 216 Å². The van der Waals surface area contributed by atoms with E-state index < -0.39 is 0 Å². The fraction of sp³-hybridized carbons (Fsp3) is 0.357. The van der Waals surface area contributed by atoms with Gasteiger partial charge >= 0.3 is 0 Å². The van der Waals surface area contributed by atoms with E-state index in [0.29, 0.717) is 31.2 Å². The van der Waals surface area contributed by atoms with Gasteiger partial charge in [-0.2, -0.15) is 0 Å². The normalized spacial score (nSPS) is 15.9. The third-order valence-corrected chi connectivity index (χ3v) is 7.08. The number of hydrogen-bond acceptors (Lipinski definition) is 5. The highest BCUT2D eigenvalue weighted by molar-refractivity contribution is 6.33. The van der Waals surface area contributed by atoms with Gasteiger partial charge in [-0.25, -0.2) is 0 Å². The molecule has 2 fully saturated rings. The Morgan fingerprint density at radius 1 is 0.889 bits per heavy atom. The Morgan fingerprint density at radius 3 is 2.39 bits per heavy atom. The third kappa shape index (κ3) is 5.85. The Balaban J connectivity index is 1.21. The van der Waals surface area contributed by atoms with E-state index in [1.807, 2.05) is 71.6 Å². The van der Waals surface area contributed by atoms with Crippen LogP contribution in [0.15, 0.2) is 66.7 Å². The van der Waals surface area contributed by atoms with Gasteiger partial charge in [0.05, 0.1) is 10.7 Å². The lowest BCUT2D eigenvalue weighted by atomic mass is 10.1. The molecule has 2 heterocycles. The maximum absolute atomic E-state index is 13.2. The van der Waals surface area contributed by atoms with Gasteiger partial charge in [0.2, 0.25) is 11.8 Å². The molecule has 0 atom stereocenters. The monoisotopic (exact) mass is 503 g/mol. The summed E-state index contributed by atoms with van der Waals surface area (Å²) in [5.74, 6) is 0.961. The minimum absolute atomic E-state index is 0.00179. The van der Waals surface area contributed by atoms with E-state index >= 15 is 0 Å². The van der Waals surface area contributed by atoms with Crippen LogP contribution < -0.4 is 4.90 Å². The van der Waals surface area contributed by atoms with E-state index in [1.165, 1.54) is 0 Å². The van der Waals surface area contributed by atoms with Crippen molar-refractivity contribution in [3.63, 3.8) is 0 Å². The fourth-order valence-corrected chi connectivity index (χ4v) is 4.80. The molecule has 2 aliphatic rings. The van der Waals surface area contributed by atoms with Crippen molar-refractivity contribution in [2.24, 2.45) is 5.92 Å². The first-order valence-electron chi connectivity index (χ1n) is 12.5. The highest BCUT2D eigenvalue weighted by Crippen LogP contribution is 2.31. The number of benzene rings is 2. The summed E-state index contributed by atoms with van der Waals surface area (Å²) >= 11 is 6.30. The molecule has 0 bridgehead atoms. The lowest BCUT2D eigenvalue weighted by Crippen LogP contribution is -2.44. The second-order valence-corrected chi connectivity index (χ2v) is 9.84. The molecule has 3 aromatic rings. The molecule has 0 N–H and O–H groups in total. The first-order valence-corrected chi connectivity index (χ1v) is 12.9. The van der Waals surface area contributed by atoms with Crippen molar-refractivity contribution < 1.29 is 9.59 Å². The van der Waals surface area contributed by atoms with E-state index in [-0.39, 0.29) is 24.3 Å². The van der Waals surface area contributed by atoms with Gasteiger partial charge in [0.25, 0.3) is 0 Å². The average Bonchev–Trinajstić information content (AvgIpc) is 3.76. The van der Waals surface area contributed by atoms with Crippen molar-refractivity contribution >= 4 is 29.2 Å². The van der Waals surface area contributed by atoms with Gasteiger partial charge < -0.3 is 14.7 Å². The quantitative estimate of drug-likeness (QED) is 0.481. The fourth-order valence-electron chi connectivity index (χ4n) is 4.57. The maximum atomic E-state index is 13.2. The zero-order chi connectivity index (χ0) is 24.9. The second kappa shape index (κ2) is 11.1. The average molecular weight is 504 g/mol. The molecule has 0 radical (unpaired) electrons. The Morgan fingerprint density at radius 2 is 1.67 bits per heavy atom. The molecule has 0 unspecified atom stereocenters. The van der Waals surface area contributed by atoms with Crippen molar-refractivity contribution in [2.75, 3.05) is 37.6 Å². The Hall–Kier alpha value is -3.45. The van der Waals surface area contributed by atoms with E-state index in [9.17, 15) is 9.59 Å². The molecule has 1 saturated heterocycles. The van der Waals surface area contributed by atoms with Gasteiger partial charge in [-0.3, -0.25) is 9.59 Å². The smallest absolute Gasteiger partial charge is 0.242 e. The SMILES string of the molecule is O=C(CN(Cc1ccccc1)C(=O)C1CC1)N1CCCN(c2ccc(-c3ccccc3Cl)nn2)CC1. The largest absolute Gasteiger partial charge is 0.353 e. The summed E-state index contributed by atoms with van der Waals surface area (Å²) in [4.78, 5) is 31.9. The number of amides is 2. The van der Waals surface area contributed by atoms with Crippen molar-refractivity contribution in [2.45, 2.75) is 25.8 Å². The van der Waals surface area contributed by atoms with Gasteiger partial charge in [-0.1, -0.05) is 60.1 Å². The van der Waals surface area contributed by atoms with E-state index in [4.69, 9.17) is 11.6 Å². The van der Waals surface area contributed by atoms with Crippen LogP contribution in [0.3, 0.4) is 0 Å². The van der Waals surface area contributed by atoms with E-state index in [0.717, 1.165) is 48.4 Å². The number of aromatic nitrogens is 2. The van der Waals surface area contributed by atoms with Crippen molar-refractivity contribution in [3.8, 4) is 11.3 Å². The van der Waals surface area contributed by atoms with Gasteiger partial charge in [-0.15, -0.1) is 10.2 Å². The van der Waals surface area contributed by atoms with Crippen LogP contribution in [0.25, 0.3) is 11.3 Å². The van der Waals surface area contributed by atoms with Gasteiger partial charge in [-0.05, 0) is 43.0 Å². The molecule has 0 spiro atoms. The molecule has 186 valence electrons. The van der Waals surface area contributed by atoms with Gasteiger partial charge in [0.1, 0.15) is 6.54 Å². The topological polar surface area (TPSA) is 69.6 Å². The highest BCUT2D eigenvalue weighted by atomic mass is 35.5. The second-order valence-electron chi connectivity index (χ2n) is 9.43. The number of halogens is 1. The van der Waals surface area contributed by atoms with Crippen LogP contribution in [0.5, 0.6) is 0 Å². The van der Waals surface area contributed by atoms with Crippen LogP contribution >= 0.6 is 11.6 Å². The Bertz CT molecular complexity index is 1200. The molecule has 2 aromatic carbocycles. The number of carbonyl (C=O) groups is 2. The minimum Gasteiger partial charge on any atom is -0.353 e. The summed E-state index contributed by atoms with van der Waals surface area (Å²) in [7, 11) is 0. The van der Waals surface area contributed by atoms with Crippen LogP contribution in [0.4, 0.5) is 5.82 Å². The number of rotatable bonds is 7. The third-order valence-electron chi connectivity index (χ3n) is 6.75.